The molecule has 0 spiro atoms. The fourth-order valence-corrected chi connectivity index (χ4v) is 6.54. The third-order valence-electron chi connectivity index (χ3n) is 7.27. The number of benzene rings is 1. The molecule has 5 nitrogen and oxygen atoms in total. The van der Waals surface area contributed by atoms with Crippen molar-refractivity contribution in [2.24, 2.45) is 23.2 Å². The highest BCUT2D eigenvalue weighted by Gasteiger charge is 2.50. The number of fused-ring (bicyclic) bond motifs is 1. The summed E-state index contributed by atoms with van der Waals surface area (Å²) in [6, 6.07) is 6.85. The largest absolute Gasteiger partial charge is 0.355 e. The number of hydrogen-bond donors (Lipinski definition) is 1. The van der Waals surface area contributed by atoms with Gasteiger partial charge in [0.2, 0.25) is 5.91 Å². The van der Waals surface area contributed by atoms with Crippen LogP contribution >= 0.6 is 0 Å². The minimum Gasteiger partial charge on any atom is -0.355 e. The summed E-state index contributed by atoms with van der Waals surface area (Å²) in [6.45, 7) is 0.913. The first-order valence-electron chi connectivity index (χ1n) is 10.2. The first-order valence-corrected chi connectivity index (χ1v) is 10.2. The van der Waals surface area contributed by atoms with Crippen LogP contribution in [0.1, 0.15) is 65.7 Å². The summed E-state index contributed by atoms with van der Waals surface area (Å²) in [4.78, 5) is 38.4. The molecule has 4 bridgehead atoms. The lowest BCUT2D eigenvalue weighted by atomic mass is 9.49. The molecule has 27 heavy (non-hydrogen) atoms. The van der Waals surface area contributed by atoms with E-state index in [-0.39, 0.29) is 30.7 Å². The Morgan fingerprint density at radius 2 is 1.48 bits per heavy atom. The number of carbonyl (C=O) groups excluding carboxylic acids is 3. The molecule has 5 aliphatic rings. The number of rotatable bonds is 5. The van der Waals surface area contributed by atoms with Crippen molar-refractivity contribution in [2.75, 3.05) is 13.1 Å². The highest BCUT2D eigenvalue weighted by atomic mass is 16.2. The highest BCUT2D eigenvalue weighted by molar-refractivity contribution is 6.21. The zero-order valence-corrected chi connectivity index (χ0v) is 15.6. The molecule has 1 aliphatic heterocycles. The van der Waals surface area contributed by atoms with Crippen LogP contribution in [0.2, 0.25) is 0 Å². The predicted molar refractivity (Wildman–Crippen MR) is 100 cm³/mol. The molecule has 4 saturated carbocycles. The SMILES string of the molecule is O=C(CCN1C(=O)c2ccccc2C1=O)NCC12CC3CC(CC(C3)C1)C2. The quantitative estimate of drug-likeness (QED) is 0.815. The van der Waals surface area contributed by atoms with Crippen LogP contribution < -0.4 is 5.32 Å². The van der Waals surface area contributed by atoms with Crippen LogP contribution in [0.3, 0.4) is 0 Å². The Balaban J connectivity index is 1.16. The van der Waals surface area contributed by atoms with Crippen molar-refractivity contribution in [2.45, 2.75) is 44.9 Å². The van der Waals surface area contributed by atoms with E-state index in [0.29, 0.717) is 16.5 Å². The van der Waals surface area contributed by atoms with Crippen molar-refractivity contribution in [1.29, 1.82) is 0 Å². The van der Waals surface area contributed by atoms with Gasteiger partial charge in [0, 0.05) is 19.5 Å². The normalized spacial score (nSPS) is 33.5. The van der Waals surface area contributed by atoms with Gasteiger partial charge in [0.15, 0.2) is 0 Å². The fraction of sp³-hybridized carbons (Fsp3) is 0.591. The Morgan fingerprint density at radius 1 is 0.963 bits per heavy atom. The molecule has 1 N–H and O–H groups in total. The van der Waals surface area contributed by atoms with Crippen molar-refractivity contribution in [3.63, 3.8) is 0 Å². The smallest absolute Gasteiger partial charge is 0.261 e. The second kappa shape index (κ2) is 6.18. The van der Waals surface area contributed by atoms with Gasteiger partial charge in [-0.1, -0.05) is 12.1 Å². The molecule has 4 aliphatic carbocycles. The standard InChI is InChI=1S/C22H26N2O3/c25-19(5-6-24-20(26)17-3-1-2-4-18(17)21(24)27)23-13-22-10-14-7-15(11-22)9-16(8-14)12-22/h1-4,14-16H,5-13H2,(H,23,25). The number of hydrogen-bond acceptors (Lipinski definition) is 3. The molecule has 0 aromatic heterocycles. The average Bonchev–Trinajstić information content (AvgIpc) is 2.88. The Kier molecular flexibility index (Phi) is 3.88. The van der Waals surface area contributed by atoms with E-state index < -0.39 is 0 Å². The molecular weight excluding hydrogens is 340 g/mol. The lowest BCUT2D eigenvalue weighted by molar-refractivity contribution is -0.123. The number of carbonyl (C=O) groups is 3. The van der Waals surface area contributed by atoms with Crippen LogP contribution in [0.15, 0.2) is 24.3 Å². The lowest BCUT2D eigenvalue weighted by Crippen LogP contribution is -2.51. The minimum absolute atomic E-state index is 0.0534. The van der Waals surface area contributed by atoms with E-state index in [1.807, 2.05) is 0 Å². The molecule has 0 atom stereocenters. The molecule has 1 aromatic rings. The molecule has 0 radical (unpaired) electrons. The third-order valence-corrected chi connectivity index (χ3v) is 7.27. The number of imide groups is 1. The third kappa shape index (κ3) is 2.88. The Hall–Kier alpha value is -2.17. The Labute approximate surface area is 159 Å². The van der Waals surface area contributed by atoms with Gasteiger partial charge in [0.1, 0.15) is 0 Å². The van der Waals surface area contributed by atoms with Gasteiger partial charge < -0.3 is 5.32 Å². The lowest BCUT2D eigenvalue weighted by Gasteiger charge is -2.56. The van der Waals surface area contributed by atoms with Crippen molar-refractivity contribution in [3.05, 3.63) is 35.4 Å². The minimum atomic E-state index is -0.288. The molecule has 4 fully saturated rings. The van der Waals surface area contributed by atoms with E-state index in [1.165, 1.54) is 43.4 Å². The van der Waals surface area contributed by atoms with Gasteiger partial charge in [-0.25, -0.2) is 0 Å². The number of nitrogens with one attached hydrogen (secondary N) is 1. The van der Waals surface area contributed by atoms with Gasteiger partial charge in [0.05, 0.1) is 11.1 Å². The van der Waals surface area contributed by atoms with E-state index >= 15 is 0 Å². The topological polar surface area (TPSA) is 66.5 Å². The van der Waals surface area contributed by atoms with Crippen molar-refractivity contribution in [3.8, 4) is 0 Å². The predicted octanol–water partition coefficient (Wildman–Crippen LogP) is 3.01. The number of nitrogens with zero attached hydrogens (tertiary/aromatic N) is 1. The molecule has 0 saturated heterocycles. The summed E-state index contributed by atoms with van der Waals surface area (Å²) in [5, 5.41) is 3.13. The van der Waals surface area contributed by atoms with E-state index in [2.05, 4.69) is 5.32 Å². The van der Waals surface area contributed by atoms with Crippen LogP contribution in [0.5, 0.6) is 0 Å². The molecular formula is C22H26N2O3. The zero-order valence-electron chi connectivity index (χ0n) is 15.6. The first kappa shape index (κ1) is 17.0. The van der Waals surface area contributed by atoms with Gasteiger partial charge in [0.25, 0.3) is 11.8 Å². The summed E-state index contributed by atoms with van der Waals surface area (Å²) in [5.74, 6) is 1.97. The Bertz CT molecular complexity index is 745. The summed E-state index contributed by atoms with van der Waals surface area (Å²) < 4.78 is 0. The van der Waals surface area contributed by atoms with Crippen LogP contribution in [0, 0.1) is 23.2 Å². The average molecular weight is 366 g/mol. The van der Waals surface area contributed by atoms with Gasteiger partial charge in [-0.2, -0.15) is 0 Å². The van der Waals surface area contributed by atoms with Crippen LogP contribution in [-0.2, 0) is 4.79 Å². The summed E-state index contributed by atoms with van der Waals surface area (Å²) in [6.07, 6.45) is 8.15. The summed E-state index contributed by atoms with van der Waals surface area (Å²) in [5.41, 5.74) is 1.19. The molecule has 1 aromatic carbocycles. The molecule has 5 heteroatoms. The van der Waals surface area contributed by atoms with Crippen LogP contribution in [0.25, 0.3) is 0 Å². The molecule has 0 unspecified atom stereocenters. The van der Waals surface area contributed by atoms with Crippen LogP contribution in [0.4, 0.5) is 0 Å². The molecule has 3 amide bonds. The van der Waals surface area contributed by atoms with Crippen molar-refractivity contribution in [1.82, 2.24) is 10.2 Å². The van der Waals surface area contributed by atoms with Crippen molar-refractivity contribution < 1.29 is 14.4 Å². The highest BCUT2D eigenvalue weighted by Crippen LogP contribution is 2.59. The maximum Gasteiger partial charge on any atom is 0.261 e. The van der Waals surface area contributed by atoms with Gasteiger partial charge in [-0.15, -0.1) is 0 Å². The number of amides is 3. The maximum atomic E-state index is 12.4. The second-order valence-corrected chi connectivity index (χ2v) is 9.25. The molecule has 1 heterocycles. The van der Waals surface area contributed by atoms with E-state index in [9.17, 15) is 14.4 Å². The molecule has 6 rings (SSSR count). The Morgan fingerprint density at radius 3 is 2.00 bits per heavy atom. The molecule has 142 valence electrons. The monoisotopic (exact) mass is 366 g/mol. The van der Waals surface area contributed by atoms with E-state index in [0.717, 1.165) is 24.3 Å². The van der Waals surface area contributed by atoms with Crippen LogP contribution in [-0.4, -0.2) is 35.7 Å². The van der Waals surface area contributed by atoms with E-state index in [4.69, 9.17) is 0 Å². The van der Waals surface area contributed by atoms with E-state index in [1.54, 1.807) is 24.3 Å². The van der Waals surface area contributed by atoms with Crippen molar-refractivity contribution >= 4 is 17.7 Å². The maximum absolute atomic E-state index is 12.4. The second-order valence-electron chi connectivity index (χ2n) is 9.25. The van der Waals surface area contributed by atoms with Gasteiger partial charge in [-0.05, 0) is 73.8 Å². The summed E-state index contributed by atoms with van der Waals surface area (Å²) >= 11 is 0. The van der Waals surface area contributed by atoms with Gasteiger partial charge >= 0.3 is 0 Å². The van der Waals surface area contributed by atoms with Gasteiger partial charge in [-0.3, -0.25) is 19.3 Å². The fourth-order valence-electron chi connectivity index (χ4n) is 6.54. The summed E-state index contributed by atoms with van der Waals surface area (Å²) in [7, 11) is 0. The first-order chi connectivity index (χ1) is 13.0. The zero-order chi connectivity index (χ0) is 18.6.